The molecule has 122 valence electrons. The number of carbonyl (C=O) groups is 2. The Bertz CT molecular complexity index is 507. The van der Waals surface area contributed by atoms with Crippen LogP contribution in [0.5, 0.6) is 0 Å². The van der Waals surface area contributed by atoms with Crippen LogP contribution in [0.15, 0.2) is 17.5 Å². The average molecular weight is 325 g/mol. The first-order valence-electron chi connectivity index (χ1n) is 7.51. The molecule has 0 radical (unpaired) electrons. The molecule has 5 nitrogen and oxygen atoms in total. The molecule has 0 aromatic carbocycles. The number of ketones is 1. The molecule has 0 bridgehead atoms. The maximum Gasteiger partial charge on any atom is 0.410 e. The van der Waals surface area contributed by atoms with E-state index >= 15 is 0 Å². The summed E-state index contributed by atoms with van der Waals surface area (Å²) in [5.74, 6) is -0.0168. The van der Waals surface area contributed by atoms with Crippen molar-refractivity contribution < 1.29 is 19.1 Å². The number of Topliss-reactive ketones (excluding diaryl/α,β-unsaturated/α-hetero) is 1. The fraction of sp³-hybridized carbons (Fsp3) is 0.625. The number of nitrogens with zero attached hydrogens (tertiary/aromatic N) is 1. The second-order valence-electron chi connectivity index (χ2n) is 6.39. The van der Waals surface area contributed by atoms with Crippen LogP contribution in [0, 0.1) is 0 Å². The first-order valence-corrected chi connectivity index (χ1v) is 8.39. The summed E-state index contributed by atoms with van der Waals surface area (Å²) < 4.78 is 10.9. The van der Waals surface area contributed by atoms with Crippen molar-refractivity contribution in [3.8, 4) is 0 Å². The topological polar surface area (TPSA) is 55.8 Å². The van der Waals surface area contributed by atoms with Gasteiger partial charge in [0.2, 0.25) is 0 Å². The highest BCUT2D eigenvalue weighted by Crippen LogP contribution is 2.21. The van der Waals surface area contributed by atoms with Crippen molar-refractivity contribution in [2.75, 3.05) is 19.8 Å². The standard InChI is InChI=1S/C16H23NO4S/c1-16(2,3)21-15(19)17-8-4-6-12(17)10-20-11-13(18)14-7-5-9-22-14/h5,7,9,12H,4,6,8,10-11H2,1-3H3/t12-/m0/s1. The fourth-order valence-corrected chi connectivity index (χ4v) is 3.02. The van der Waals surface area contributed by atoms with Gasteiger partial charge in [-0.3, -0.25) is 4.79 Å². The van der Waals surface area contributed by atoms with Crippen LogP contribution in [0.3, 0.4) is 0 Å². The number of carbonyl (C=O) groups excluding carboxylic acids is 2. The van der Waals surface area contributed by atoms with Gasteiger partial charge in [-0.25, -0.2) is 4.79 Å². The Labute approximate surface area is 135 Å². The molecule has 2 heterocycles. The maximum atomic E-state index is 12.1. The number of hydrogen-bond donors (Lipinski definition) is 0. The van der Waals surface area contributed by atoms with Gasteiger partial charge in [0.15, 0.2) is 5.78 Å². The molecular weight excluding hydrogens is 302 g/mol. The molecule has 0 unspecified atom stereocenters. The lowest BCUT2D eigenvalue weighted by atomic mass is 10.2. The Kier molecular flexibility index (Phi) is 5.58. The number of amides is 1. The van der Waals surface area contributed by atoms with E-state index in [1.165, 1.54) is 11.3 Å². The van der Waals surface area contributed by atoms with Crippen LogP contribution in [0.4, 0.5) is 4.79 Å². The molecule has 22 heavy (non-hydrogen) atoms. The van der Waals surface area contributed by atoms with Crippen LogP contribution in [-0.4, -0.2) is 48.2 Å². The molecule has 6 heteroatoms. The van der Waals surface area contributed by atoms with Gasteiger partial charge >= 0.3 is 6.09 Å². The summed E-state index contributed by atoms with van der Waals surface area (Å²) in [6.07, 6.45) is 1.52. The highest BCUT2D eigenvalue weighted by molar-refractivity contribution is 7.12. The summed E-state index contributed by atoms with van der Waals surface area (Å²) in [4.78, 5) is 26.4. The van der Waals surface area contributed by atoms with Crippen LogP contribution < -0.4 is 0 Å². The number of rotatable bonds is 5. The summed E-state index contributed by atoms with van der Waals surface area (Å²) >= 11 is 1.41. The van der Waals surface area contributed by atoms with E-state index in [4.69, 9.17) is 9.47 Å². The lowest BCUT2D eigenvalue weighted by Crippen LogP contribution is -2.41. The second kappa shape index (κ2) is 7.24. The quantitative estimate of drug-likeness (QED) is 0.779. The molecule has 0 N–H and O–H groups in total. The normalized spacial score (nSPS) is 18.5. The molecule has 1 aliphatic rings. The van der Waals surface area contributed by atoms with Crippen LogP contribution in [-0.2, 0) is 9.47 Å². The molecule has 2 rings (SSSR count). The molecule has 1 aliphatic heterocycles. The third kappa shape index (κ3) is 4.81. The fourth-order valence-electron chi connectivity index (χ4n) is 2.37. The minimum absolute atomic E-state index is 0.00835. The molecule has 1 aromatic rings. The van der Waals surface area contributed by atoms with E-state index in [-0.39, 0.29) is 24.5 Å². The molecule has 0 saturated carbocycles. The highest BCUT2D eigenvalue weighted by Gasteiger charge is 2.32. The Morgan fingerprint density at radius 1 is 1.41 bits per heavy atom. The first-order chi connectivity index (χ1) is 10.4. The van der Waals surface area contributed by atoms with Gasteiger partial charge in [-0.05, 0) is 45.1 Å². The summed E-state index contributed by atoms with van der Waals surface area (Å²) in [6, 6.07) is 3.63. The van der Waals surface area contributed by atoms with E-state index in [0.29, 0.717) is 18.0 Å². The van der Waals surface area contributed by atoms with Gasteiger partial charge in [0.05, 0.1) is 17.5 Å². The molecule has 1 aromatic heterocycles. The number of ether oxygens (including phenoxy) is 2. The van der Waals surface area contributed by atoms with Crippen molar-refractivity contribution in [3.63, 3.8) is 0 Å². The van der Waals surface area contributed by atoms with Gasteiger partial charge in [-0.1, -0.05) is 6.07 Å². The lowest BCUT2D eigenvalue weighted by Gasteiger charge is -2.28. The van der Waals surface area contributed by atoms with Crippen molar-refractivity contribution >= 4 is 23.2 Å². The van der Waals surface area contributed by atoms with Gasteiger partial charge in [-0.15, -0.1) is 11.3 Å². The van der Waals surface area contributed by atoms with Gasteiger partial charge in [0.25, 0.3) is 0 Å². The summed E-state index contributed by atoms with van der Waals surface area (Å²) in [7, 11) is 0. The van der Waals surface area contributed by atoms with Crippen molar-refractivity contribution in [3.05, 3.63) is 22.4 Å². The molecule has 0 aliphatic carbocycles. The van der Waals surface area contributed by atoms with E-state index in [2.05, 4.69) is 0 Å². The lowest BCUT2D eigenvalue weighted by molar-refractivity contribution is 0.0116. The zero-order valence-electron chi connectivity index (χ0n) is 13.3. The number of hydrogen-bond acceptors (Lipinski definition) is 5. The Morgan fingerprint density at radius 3 is 2.82 bits per heavy atom. The van der Waals surface area contributed by atoms with Crippen LogP contribution in [0.2, 0.25) is 0 Å². The SMILES string of the molecule is CC(C)(C)OC(=O)N1CCC[C@H]1COCC(=O)c1cccs1. The van der Waals surface area contributed by atoms with E-state index in [9.17, 15) is 9.59 Å². The smallest absolute Gasteiger partial charge is 0.410 e. The molecular formula is C16H23NO4S. The van der Waals surface area contributed by atoms with Crippen molar-refractivity contribution in [2.24, 2.45) is 0 Å². The van der Waals surface area contributed by atoms with E-state index in [0.717, 1.165) is 12.8 Å². The molecule has 1 saturated heterocycles. The Balaban J connectivity index is 1.79. The molecule has 0 spiro atoms. The largest absolute Gasteiger partial charge is 0.444 e. The molecule has 1 amide bonds. The minimum Gasteiger partial charge on any atom is -0.444 e. The van der Waals surface area contributed by atoms with Crippen LogP contribution >= 0.6 is 11.3 Å². The first kappa shape index (κ1) is 17.0. The molecule has 1 atom stereocenters. The van der Waals surface area contributed by atoms with Crippen molar-refractivity contribution in [1.82, 2.24) is 4.90 Å². The third-order valence-electron chi connectivity index (χ3n) is 3.34. The minimum atomic E-state index is -0.500. The average Bonchev–Trinajstić information content (AvgIpc) is 3.08. The van der Waals surface area contributed by atoms with E-state index in [1.807, 2.05) is 32.2 Å². The summed E-state index contributed by atoms with van der Waals surface area (Å²) in [5.41, 5.74) is -0.500. The number of thiophene rings is 1. The van der Waals surface area contributed by atoms with Crippen molar-refractivity contribution in [2.45, 2.75) is 45.3 Å². The van der Waals surface area contributed by atoms with E-state index in [1.54, 1.807) is 11.0 Å². The Hall–Kier alpha value is -1.40. The maximum absolute atomic E-state index is 12.1. The van der Waals surface area contributed by atoms with Gasteiger partial charge < -0.3 is 14.4 Å². The highest BCUT2D eigenvalue weighted by atomic mass is 32.1. The molecule has 1 fully saturated rings. The second-order valence-corrected chi connectivity index (χ2v) is 7.33. The predicted octanol–water partition coefficient (Wildman–Crippen LogP) is 3.35. The zero-order chi connectivity index (χ0) is 16.2. The predicted molar refractivity (Wildman–Crippen MR) is 85.4 cm³/mol. The van der Waals surface area contributed by atoms with E-state index < -0.39 is 5.60 Å². The van der Waals surface area contributed by atoms with Gasteiger partial charge in [0, 0.05) is 6.54 Å². The van der Waals surface area contributed by atoms with Crippen LogP contribution in [0.25, 0.3) is 0 Å². The van der Waals surface area contributed by atoms with Crippen LogP contribution in [0.1, 0.15) is 43.3 Å². The summed E-state index contributed by atoms with van der Waals surface area (Å²) in [5, 5.41) is 1.87. The zero-order valence-corrected chi connectivity index (χ0v) is 14.1. The van der Waals surface area contributed by atoms with Gasteiger partial charge in [0.1, 0.15) is 12.2 Å². The van der Waals surface area contributed by atoms with Crippen molar-refractivity contribution in [1.29, 1.82) is 0 Å². The summed E-state index contributed by atoms with van der Waals surface area (Å²) in [6.45, 7) is 6.67. The third-order valence-corrected chi connectivity index (χ3v) is 4.26. The van der Waals surface area contributed by atoms with Gasteiger partial charge in [-0.2, -0.15) is 0 Å². The number of likely N-dealkylation sites (tertiary alicyclic amines) is 1. The monoisotopic (exact) mass is 325 g/mol. The Morgan fingerprint density at radius 2 is 2.18 bits per heavy atom.